The Kier molecular flexibility index (Phi) is 5.50. The summed E-state index contributed by atoms with van der Waals surface area (Å²) >= 11 is 8.66. The molecule has 0 spiro atoms. The number of rotatable bonds is 5. The summed E-state index contributed by atoms with van der Waals surface area (Å²) in [6.07, 6.45) is 1.03. The molecular weight excluding hydrogens is 316 g/mol. The quantitative estimate of drug-likeness (QED) is 0.816. The molecule has 1 aromatic rings. The molecule has 0 atom stereocenters. The Balaban J connectivity index is 2.32. The maximum atomic E-state index is 5.39. The van der Waals surface area contributed by atoms with Crippen LogP contribution in [0.25, 0.3) is 0 Å². The number of nitrogens with two attached hydrogens (primary N) is 1. The van der Waals surface area contributed by atoms with E-state index in [1.165, 1.54) is 9.35 Å². The zero-order valence-corrected chi connectivity index (χ0v) is 11.1. The molecule has 0 amide bonds. The van der Waals surface area contributed by atoms with Crippen molar-refractivity contribution in [1.29, 1.82) is 0 Å². The van der Waals surface area contributed by atoms with E-state index >= 15 is 0 Å². The average Bonchev–Trinajstić information content (AvgIpc) is 2.39. The van der Waals surface area contributed by atoms with E-state index in [9.17, 15) is 0 Å². The van der Waals surface area contributed by atoms with Crippen LogP contribution in [0, 0.1) is 0 Å². The van der Waals surface area contributed by atoms with Crippen LogP contribution in [0.5, 0.6) is 0 Å². The van der Waals surface area contributed by atoms with E-state index in [0.717, 1.165) is 29.8 Å². The zero-order valence-electron chi connectivity index (χ0n) is 7.15. The van der Waals surface area contributed by atoms with Gasteiger partial charge in [-0.3, -0.25) is 0 Å². The molecule has 0 bridgehead atoms. The van der Waals surface area contributed by atoms with Crippen LogP contribution < -0.4 is 11.1 Å². The van der Waals surface area contributed by atoms with Crippen LogP contribution in [-0.2, 0) is 6.54 Å². The van der Waals surface area contributed by atoms with Gasteiger partial charge in [-0.05, 0) is 63.0 Å². The molecule has 5 heteroatoms. The third-order valence-electron chi connectivity index (χ3n) is 1.60. The van der Waals surface area contributed by atoms with Crippen molar-refractivity contribution in [3.8, 4) is 0 Å². The van der Waals surface area contributed by atoms with E-state index in [1.54, 1.807) is 11.3 Å². The maximum Gasteiger partial charge on any atom is 0.0755 e. The monoisotopic (exact) mass is 326 g/mol. The average molecular weight is 328 g/mol. The Labute approximate surface area is 99.2 Å². The number of thiophene rings is 1. The minimum Gasteiger partial charge on any atom is -0.330 e. The van der Waals surface area contributed by atoms with Gasteiger partial charge in [0.2, 0.25) is 0 Å². The van der Waals surface area contributed by atoms with Crippen molar-refractivity contribution in [3.05, 3.63) is 19.2 Å². The molecule has 0 aliphatic carbocycles. The molecule has 1 aromatic heterocycles. The molecule has 0 fully saturated rings. The number of nitrogens with one attached hydrogen (secondary N) is 1. The van der Waals surface area contributed by atoms with E-state index in [-0.39, 0.29) is 0 Å². The summed E-state index contributed by atoms with van der Waals surface area (Å²) < 4.78 is 2.36. The molecule has 0 unspecified atom stereocenters. The van der Waals surface area contributed by atoms with Crippen LogP contribution in [0.2, 0.25) is 0 Å². The van der Waals surface area contributed by atoms with E-state index in [0.29, 0.717) is 0 Å². The van der Waals surface area contributed by atoms with Crippen LogP contribution in [0.3, 0.4) is 0 Å². The third-order valence-corrected chi connectivity index (χ3v) is 4.06. The summed E-state index contributed by atoms with van der Waals surface area (Å²) in [5, 5.41) is 3.33. The SMILES string of the molecule is NCCCNCc1cc(Br)sc1Br. The summed E-state index contributed by atoms with van der Waals surface area (Å²) in [5.74, 6) is 0. The Bertz CT molecular complexity index is 263. The van der Waals surface area contributed by atoms with Gasteiger partial charge >= 0.3 is 0 Å². The van der Waals surface area contributed by atoms with Gasteiger partial charge in [-0.1, -0.05) is 0 Å². The van der Waals surface area contributed by atoms with Crippen LogP contribution in [0.1, 0.15) is 12.0 Å². The fourth-order valence-electron chi connectivity index (χ4n) is 0.945. The second-order valence-electron chi connectivity index (χ2n) is 2.67. The predicted molar refractivity (Wildman–Crippen MR) is 65.1 cm³/mol. The van der Waals surface area contributed by atoms with Gasteiger partial charge in [-0.25, -0.2) is 0 Å². The zero-order chi connectivity index (χ0) is 9.68. The highest BCUT2D eigenvalue weighted by Crippen LogP contribution is 2.31. The van der Waals surface area contributed by atoms with Gasteiger partial charge in [0.25, 0.3) is 0 Å². The number of halogens is 2. The lowest BCUT2D eigenvalue weighted by Gasteiger charge is -2.01. The molecule has 0 saturated heterocycles. The van der Waals surface area contributed by atoms with Gasteiger partial charge in [0.05, 0.1) is 7.57 Å². The molecule has 1 heterocycles. The highest BCUT2D eigenvalue weighted by Gasteiger charge is 2.03. The number of hydrogen-bond donors (Lipinski definition) is 2. The topological polar surface area (TPSA) is 38.0 Å². The molecular formula is C8H12Br2N2S. The Morgan fingerprint density at radius 1 is 1.46 bits per heavy atom. The molecule has 3 N–H and O–H groups in total. The third kappa shape index (κ3) is 4.08. The van der Waals surface area contributed by atoms with Gasteiger partial charge < -0.3 is 11.1 Å². The van der Waals surface area contributed by atoms with E-state index < -0.39 is 0 Å². The first-order valence-corrected chi connectivity index (χ1v) is 6.48. The molecule has 0 aromatic carbocycles. The van der Waals surface area contributed by atoms with Gasteiger partial charge in [0, 0.05) is 6.54 Å². The van der Waals surface area contributed by atoms with Gasteiger partial charge in [-0.15, -0.1) is 11.3 Å². The first-order chi connectivity index (χ1) is 6.24. The molecule has 13 heavy (non-hydrogen) atoms. The largest absolute Gasteiger partial charge is 0.330 e. The first-order valence-electron chi connectivity index (χ1n) is 4.08. The highest BCUT2D eigenvalue weighted by atomic mass is 79.9. The summed E-state index contributed by atoms with van der Waals surface area (Å²) in [4.78, 5) is 0. The van der Waals surface area contributed by atoms with Crippen molar-refractivity contribution in [1.82, 2.24) is 5.32 Å². The highest BCUT2D eigenvalue weighted by molar-refractivity contribution is 9.12. The molecule has 0 aliphatic heterocycles. The molecule has 74 valence electrons. The molecule has 0 aliphatic rings. The van der Waals surface area contributed by atoms with Crippen molar-refractivity contribution < 1.29 is 0 Å². The maximum absolute atomic E-state index is 5.39. The van der Waals surface area contributed by atoms with Crippen molar-refractivity contribution in [2.45, 2.75) is 13.0 Å². The second-order valence-corrected chi connectivity index (χ2v) is 6.42. The molecule has 0 radical (unpaired) electrons. The standard InChI is InChI=1S/C8H12Br2N2S/c9-7-4-6(8(10)13-7)5-12-3-1-2-11/h4,12H,1-3,5,11H2. The molecule has 2 nitrogen and oxygen atoms in total. The van der Waals surface area contributed by atoms with E-state index in [2.05, 4.69) is 43.2 Å². The van der Waals surface area contributed by atoms with Crippen LogP contribution >= 0.6 is 43.2 Å². The van der Waals surface area contributed by atoms with Crippen molar-refractivity contribution in [2.75, 3.05) is 13.1 Å². The van der Waals surface area contributed by atoms with Crippen LogP contribution in [0.4, 0.5) is 0 Å². The number of hydrogen-bond acceptors (Lipinski definition) is 3. The summed E-state index contributed by atoms with van der Waals surface area (Å²) in [5.41, 5.74) is 6.69. The second kappa shape index (κ2) is 6.14. The fraction of sp³-hybridized carbons (Fsp3) is 0.500. The lowest BCUT2D eigenvalue weighted by molar-refractivity contribution is 0.655. The van der Waals surface area contributed by atoms with Crippen molar-refractivity contribution in [3.63, 3.8) is 0 Å². The summed E-state index contributed by atoms with van der Waals surface area (Å²) in [6, 6.07) is 2.13. The fourth-order valence-corrected chi connectivity index (χ4v) is 3.77. The molecule has 0 saturated carbocycles. The predicted octanol–water partition coefficient (Wildman–Crippen LogP) is 2.71. The summed E-state index contributed by atoms with van der Waals surface area (Å²) in [7, 11) is 0. The van der Waals surface area contributed by atoms with Crippen molar-refractivity contribution in [2.24, 2.45) is 5.73 Å². The normalized spacial score (nSPS) is 10.7. The smallest absolute Gasteiger partial charge is 0.0755 e. The Morgan fingerprint density at radius 2 is 2.23 bits per heavy atom. The minimum absolute atomic E-state index is 0.751. The van der Waals surface area contributed by atoms with Gasteiger partial charge in [-0.2, -0.15) is 0 Å². The van der Waals surface area contributed by atoms with Crippen molar-refractivity contribution >= 4 is 43.2 Å². The van der Waals surface area contributed by atoms with Gasteiger partial charge in [0.15, 0.2) is 0 Å². The van der Waals surface area contributed by atoms with Crippen LogP contribution in [0.15, 0.2) is 13.6 Å². The summed E-state index contributed by atoms with van der Waals surface area (Å²) in [6.45, 7) is 2.64. The minimum atomic E-state index is 0.751. The lowest BCUT2D eigenvalue weighted by Crippen LogP contribution is -2.17. The van der Waals surface area contributed by atoms with Gasteiger partial charge in [0.1, 0.15) is 0 Å². The first kappa shape index (κ1) is 11.7. The molecule has 1 rings (SSSR count). The lowest BCUT2D eigenvalue weighted by atomic mass is 10.3. The Hall–Kier alpha value is 0.580. The van der Waals surface area contributed by atoms with E-state index in [1.807, 2.05) is 0 Å². The Morgan fingerprint density at radius 3 is 2.77 bits per heavy atom. The van der Waals surface area contributed by atoms with E-state index in [4.69, 9.17) is 5.73 Å². The van der Waals surface area contributed by atoms with Crippen LogP contribution in [-0.4, -0.2) is 13.1 Å².